The van der Waals surface area contributed by atoms with Crippen LogP contribution in [0.5, 0.6) is 0 Å². The number of rotatable bonds is 1. The van der Waals surface area contributed by atoms with Crippen LogP contribution in [0.4, 0.5) is 0 Å². The lowest BCUT2D eigenvalue weighted by molar-refractivity contribution is 0.376. The van der Waals surface area contributed by atoms with Crippen molar-refractivity contribution in [3.05, 3.63) is 0 Å². The van der Waals surface area contributed by atoms with E-state index in [-0.39, 0.29) is 0 Å². The molecule has 2 fully saturated rings. The zero-order valence-corrected chi connectivity index (χ0v) is 8.21. The quantitative estimate of drug-likeness (QED) is 0.649. The summed E-state index contributed by atoms with van der Waals surface area (Å²) in [6, 6.07) is 0.738. The lowest BCUT2D eigenvalue weighted by atomic mass is 10.1. The number of nitrogens with one attached hydrogen (secondary N) is 1. The fourth-order valence-electron chi connectivity index (χ4n) is 1.92. The molecule has 1 heterocycles. The first kappa shape index (κ1) is 7.93. The Balaban J connectivity index is 1.99. The molecular weight excluding hydrogens is 154 g/mol. The van der Waals surface area contributed by atoms with Crippen LogP contribution in [0.15, 0.2) is 0 Å². The van der Waals surface area contributed by atoms with Gasteiger partial charge in [0.05, 0.1) is 4.87 Å². The first-order valence-corrected chi connectivity index (χ1v) is 5.61. The minimum absolute atomic E-state index is 0.428. The molecule has 0 aromatic rings. The summed E-state index contributed by atoms with van der Waals surface area (Å²) in [5.41, 5.74) is 0. The number of hydrogen-bond donors (Lipinski definition) is 1. The molecule has 0 spiro atoms. The predicted octanol–water partition coefficient (Wildman–Crippen LogP) is 2.23. The van der Waals surface area contributed by atoms with Gasteiger partial charge in [-0.25, -0.2) is 0 Å². The number of thioether (sulfide) groups is 1. The van der Waals surface area contributed by atoms with E-state index in [4.69, 9.17) is 0 Å². The maximum absolute atomic E-state index is 3.72. The molecule has 0 radical (unpaired) electrons. The van der Waals surface area contributed by atoms with Gasteiger partial charge in [0.15, 0.2) is 0 Å². The highest BCUT2D eigenvalue weighted by atomic mass is 32.2. The van der Waals surface area contributed by atoms with Crippen LogP contribution in [0, 0.1) is 5.92 Å². The third-order valence-electron chi connectivity index (χ3n) is 2.84. The molecule has 0 aromatic heterocycles. The Labute approximate surface area is 73.3 Å². The Morgan fingerprint density at radius 1 is 1.36 bits per heavy atom. The Morgan fingerprint density at radius 2 is 2.09 bits per heavy atom. The molecule has 64 valence electrons. The molecule has 2 rings (SSSR count). The molecule has 11 heavy (non-hydrogen) atoms. The van der Waals surface area contributed by atoms with E-state index in [1.54, 1.807) is 0 Å². The molecule has 1 saturated carbocycles. The second-order valence-electron chi connectivity index (χ2n) is 4.06. The van der Waals surface area contributed by atoms with Gasteiger partial charge in [-0.15, -0.1) is 11.8 Å². The van der Waals surface area contributed by atoms with E-state index >= 15 is 0 Å². The summed E-state index contributed by atoms with van der Waals surface area (Å²) in [7, 11) is 0. The van der Waals surface area contributed by atoms with Crippen LogP contribution in [-0.2, 0) is 0 Å². The van der Waals surface area contributed by atoms with Crippen LogP contribution in [0.2, 0.25) is 0 Å². The molecular formula is C9H17NS. The largest absolute Gasteiger partial charge is 0.300 e. The molecule has 0 bridgehead atoms. The van der Waals surface area contributed by atoms with Gasteiger partial charge in [0, 0.05) is 6.04 Å². The maximum Gasteiger partial charge on any atom is 0.0647 e. The van der Waals surface area contributed by atoms with Crippen molar-refractivity contribution in [3.63, 3.8) is 0 Å². The minimum Gasteiger partial charge on any atom is -0.300 e. The zero-order valence-electron chi connectivity index (χ0n) is 7.39. The summed E-state index contributed by atoms with van der Waals surface area (Å²) in [4.78, 5) is 0.428. The Kier molecular flexibility index (Phi) is 1.92. The van der Waals surface area contributed by atoms with Crippen LogP contribution in [0.1, 0.15) is 33.1 Å². The summed E-state index contributed by atoms with van der Waals surface area (Å²) in [5, 5.41) is 3.72. The van der Waals surface area contributed by atoms with Gasteiger partial charge in [-0.2, -0.15) is 0 Å². The van der Waals surface area contributed by atoms with E-state index in [0.29, 0.717) is 4.87 Å². The SMILES string of the molecule is CC1CCSC(C)(C2CC2)N1. The Bertz CT molecular complexity index is 156. The lowest BCUT2D eigenvalue weighted by Crippen LogP contribution is -2.49. The molecule has 0 amide bonds. The molecule has 2 atom stereocenters. The van der Waals surface area contributed by atoms with Crippen molar-refractivity contribution in [2.45, 2.75) is 44.0 Å². The standard InChI is InChI=1S/C9H17NS/c1-7-5-6-11-9(2,10-7)8-3-4-8/h7-8,10H,3-6H2,1-2H3. The summed E-state index contributed by atoms with van der Waals surface area (Å²) in [6.07, 6.45) is 4.24. The topological polar surface area (TPSA) is 12.0 Å². The third-order valence-corrected chi connectivity index (χ3v) is 4.33. The minimum atomic E-state index is 0.428. The van der Waals surface area contributed by atoms with Crippen molar-refractivity contribution < 1.29 is 0 Å². The molecule has 1 nitrogen and oxygen atoms in total. The van der Waals surface area contributed by atoms with Gasteiger partial charge in [-0.1, -0.05) is 0 Å². The van der Waals surface area contributed by atoms with Crippen LogP contribution in [0.3, 0.4) is 0 Å². The average Bonchev–Trinajstić information content (AvgIpc) is 2.66. The van der Waals surface area contributed by atoms with Gasteiger partial charge in [0.1, 0.15) is 0 Å². The van der Waals surface area contributed by atoms with Crippen LogP contribution < -0.4 is 5.32 Å². The van der Waals surface area contributed by atoms with Crippen LogP contribution >= 0.6 is 11.8 Å². The van der Waals surface area contributed by atoms with Crippen LogP contribution in [0.25, 0.3) is 0 Å². The molecule has 0 aromatic carbocycles. The van der Waals surface area contributed by atoms with Gasteiger partial charge < -0.3 is 5.32 Å². The monoisotopic (exact) mass is 171 g/mol. The predicted molar refractivity (Wildman–Crippen MR) is 50.8 cm³/mol. The van der Waals surface area contributed by atoms with E-state index in [0.717, 1.165) is 12.0 Å². The average molecular weight is 171 g/mol. The van der Waals surface area contributed by atoms with E-state index < -0.39 is 0 Å². The van der Waals surface area contributed by atoms with E-state index in [9.17, 15) is 0 Å². The summed E-state index contributed by atoms with van der Waals surface area (Å²) < 4.78 is 0. The second-order valence-corrected chi connectivity index (χ2v) is 5.61. The highest BCUT2D eigenvalue weighted by molar-refractivity contribution is 8.00. The summed E-state index contributed by atoms with van der Waals surface area (Å²) in [6.45, 7) is 4.69. The molecule has 2 unspecified atom stereocenters. The van der Waals surface area contributed by atoms with E-state index in [1.165, 1.54) is 25.0 Å². The van der Waals surface area contributed by atoms with Crippen molar-refractivity contribution in [1.29, 1.82) is 0 Å². The maximum atomic E-state index is 3.72. The normalized spacial score (nSPS) is 45.8. The van der Waals surface area contributed by atoms with Crippen molar-refractivity contribution in [3.8, 4) is 0 Å². The second kappa shape index (κ2) is 2.67. The zero-order chi connectivity index (χ0) is 7.90. The van der Waals surface area contributed by atoms with Gasteiger partial charge >= 0.3 is 0 Å². The molecule has 2 aliphatic rings. The Hall–Kier alpha value is 0.310. The molecule has 1 saturated heterocycles. The van der Waals surface area contributed by atoms with Crippen LogP contribution in [-0.4, -0.2) is 16.7 Å². The number of hydrogen-bond acceptors (Lipinski definition) is 2. The van der Waals surface area contributed by atoms with Crippen molar-refractivity contribution >= 4 is 11.8 Å². The first-order chi connectivity index (χ1) is 5.21. The van der Waals surface area contributed by atoms with Crippen molar-refractivity contribution in [2.24, 2.45) is 5.92 Å². The lowest BCUT2D eigenvalue weighted by Gasteiger charge is -2.38. The first-order valence-electron chi connectivity index (χ1n) is 4.62. The molecule has 2 heteroatoms. The highest BCUT2D eigenvalue weighted by Gasteiger charge is 2.43. The smallest absolute Gasteiger partial charge is 0.0647 e. The summed E-state index contributed by atoms with van der Waals surface area (Å²) >= 11 is 2.13. The van der Waals surface area contributed by atoms with Gasteiger partial charge in [-0.05, 0) is 44.8 Å². The fourth-order valence-corrected chi connectivity index (χ4v) is 3.57. The highest BCUT2D eigenvalue weighted by Crippen LogP contribution is 2.47. The summed E-state index contributed by atoms with van der Waals surface area (Å²) in [5.74, 6) is 2.32. The van der Waals surface area contributed by atoms with E-state index in [2.05, 4.69) is 30.9 Å². The molecule has 1 aliphatic carbocycles. The molecule has 1 N–H and O–H groups in total. The third kappa shape index (κ3) is 1.57. The van der Waals surface area contributed by atoms with Gasteiger partial charge in [-0.3, -0.25) is 0 Å². The van der Waals surface area contributed by atoms with Crippen molar-refractivity contribution in [2.75, 3.05) is 5.75 Å². The van der Waals surface area contributed by atoms with Gasteiger partial charge in [0.25, 0.3) is 0 Å². The fraction of sp³-hybridized carbons (Fsp3) is 1.00. The van der Waals surface area contributed by atoms with Gasteiger partial charge in [0.2, 0.25) is 0 Å². The van der Waals surface area contributed by atoms with Crippen molar-refractivity contribution in [1.82, 2.24) is 5.32 Å². The Morgan fingerprint density at radius 3 is 2.64 bits per heavy atom. The van der Waals surface area contributed by atoms with E-state index in [1.807, 2.05) is 0 Å². The molecule has 1 aliphatic heterocycles.